The second-order valence-electron chi connectivity index (χ2n) is 7.74. The Kier molecular flexibility index (Phi) is 6.41. The number of anilines is 1. The van der Waals surface area contributed by atoms with Gasteiger partial charge in [-0.3, -0.25) is 9.69 Å². The van der Waals surface area contributed by atoms with E-state index < -0.39 is 10.0 Å². The molecule has 2 aromatic rings. The zero-order valence-electron chi connectivity index (χ0n) is 17.5. The number of hydrogen-bond acceptors (Lipinski definition) is 4. The predicted octanol–water partition coefficient (Wildman–Crippen LogP) is 2.87. The molecule has 0 atom stereocenters. The lowest BCUT2D eigenvalue weighted by molar-refractivity contribution is -0.117. The number of carbonyl (C=O) groups is 1. The van der Waals surface area contributed by atoms with Crippen LogP contribution in [0.3, 0.4) is 0 Å². The topological polar surface area (TPSA) is 69.7 Å². The maximum atomic E-state index is 13.0. The average Bonchev–Trinajstić information content (AvgIpc) is 2.67. The average molecular weight is 416 g/mol. The summed E-state index contributed by atoms with van der Waals surface area (Å²) in [5.74, 6) is -0.0791. The highest BCUT2D eigenvalue weighted by molar-refractivity contribution is 7.89. The number of nitrogens with zero attached hydrogens (tertiary/aromatic N) is 2. The van der Waals surface area contributed by atoms with Crippen molar-refractivity contribution in [3.8, 4) is 0 Å². The van der Waals surface area contributed by atoms with Gasteiger partial charge in [-0.05, 0) is 62.1 Å². The number of nitrogens with one attached hydrogen (secondary N) is 1. The van der Waals surface area contributed by atoms with E-state index in [9.17, 15) is 13.2 Å². The molecule has 1 amide bonds. The zero-order valence-corrected chi connectivity index (χ0v) is 18.3. The summed E-state index contributed by atoms with van der Waals surface area (Å²) < 4.78 is 27.6. The first kappa shape index (κ1) is 21.5. The Morgan fingerprint density at radius 3 is 2.34 bits per heavy atom. The van der Waals surface area contributed by atoms with Crippen molar-refractivity contribution in [3.05, 3.63) is 58.7 Å². The van der Waals surface area contributed by atoms with Crippen molar-refractivity contribution in [1.29, 1.82) is 0 Å². The van der Waals surface area contributed by atoms with Crippen molar-refractivity contribution in [2.75, 3.05) is 38.0 Å². The maximum absolute atomic E-state index is 13.0. The Hall–Kier alpha value is -2.22. The number of piperazine rings is 1. The predicted molar refractivity (Wildman–Crippen MR) is 116 cm³/mol. The summed E-state index contributed by atoms with van der Waals surface area (Å²) in [5, 5.41) is 2.97. The molecule has 1 aliphatic heterocycles. The van der Waals surface area contributed by atoms with Gasteiger partial charge in [0.2, 0.25) is 15.9 Å². The van der Waals surface area contributed by atoms with Crippen molar-refractivity contribution in [2.45, 2.75) is 32.6 Å². The monoisotopic (exact) mass is 415 g/mol. The molecule has 7 heteroatoms. The van der Waals surface area contributed by atoms with Gasteiger partial charge in [-0.2, -0.15) is 4.31 Å². The number of aryl methyl sites for hydroxylation is 3. The van der Waals surface area contributed by atoms with Gasteiger partial charge >= 0.3 is 0 Å². The Balaban J connectivity index is 1.59. The number of carbonyl (C=O) groups excluding carboxylic acids is 1. The summed E-state index contributed by atoms with van der Waals surface area (Å²) in [6, 6.07) is 11.3. The summed E-state index contributed by atoms with van der Waals surface area (Å²) in [5.41, 5.74) is 4.70. The van der Waals surface area contributed by atoms with Gasteiger partial charge in [0.1, 0.15) is 0 Å². The lowest BCUT2D eigenvalue weighted by Gasteiger charge is -2.33. The van der Waals surface area contributed by atoms with Crippen molar-refractivity contribution >= 4 is 21.6 Å². The fourth-order valence-electron chi connectivity index (χ4n) is 3.53. The summed E-state index contributed by atoms with van der Waals surface area (Å²) in [6.45, 7) is 9.80. The van der Waals surface area contributed by atoms with Crippen molar-refractivity contribution in [3.63, 3.8) is 0 Å². The molecule has 0 saturated carbocycles. The van der Waals surface area contributed by atoms with Crippen LogP contribution in [0.1, 0.15) is 22.3 Å². The molecule has 156 valence electrons. The van der Waals surface area contributed by atoms with Crippen molar-refractivity contribution < 1.29 is 13.2 Å². The summed E-state index contributed by atoms with van der Waals surface area (Å²) >= 11 is 0. The fourth-order valence-corrected chi connectivity index (χ4v) is 5.26. The van der Waals surface area contributed by atoms with Crippen LogP contribution in [0.15, 0.2) is 41.3 Å². The molecule has 3 rings (SSSR count). The van der Waals surface area contributed by atoms with E-state index in [1.165, 1.54) is 4.31 Å². The largest absolute Gasteiger partial charge is 0.325 e. The summed E-state index contributed by atoms with van der Waals surface area (Å²) in [4.78, 5) is 14.8. The van der Waals surface area contributed by atoms with Crippen LogP contribution in [0.5, 0.6) is 0 Å². The molecule has 0 aromatic heterocycles. The smallest absolute Gasteiger partial charge is 0.243 e. The van der Waals surface area contributed by atoms with E-state index in [-0.39, 0.29) is 12.5 Å². The van der Waals surface area contributed by atoms with Crippen LogP contribution in [0, 0.1) is 27.7 Å². The van der Waals surface area contributed by atoms with Crippen molar-refractivity contribution in [1.82, 2.24) is 9.21 Å². The number of benzene rings is 2. The number of rotatable bonds is 5. The highest BCUT2D eigenvalue weighted by atomic mass is 32.2. The highest BCUT2D eigenvalue weighted by Crippen LogP contribution is 2.22. The molecule has 1 saturated heterocycles. The summed E-state index contributed by atoms with van der Waals surface area (Å²) in [6.07, 6.45) is 0. The van der Waals surface area contributed by atoms with E-state index in [2.05, 4.69) is 5.32 Å². The van der Waals surface area contributed by atoms with Gasteiger partial charge in [0.15, 0.2) is 0 Å². The highest BCUT2D eigenvalue weighted by Gasteiger charge is 2.30. The van der Waals surface area contributed by atoms with Crippen LogP contribution in [0.25, 0.3) is 0 Å². The van der Waals surface area contributed by atoms with Crippen LogP contribution < -0.4 is 5.32 Å². The maximum Gasteiger partial charge on any atom is 0.243 e. The molecule has 1 N–H and O–H groups in total. The number of amides is 1. The molecule has 6 nitrogen and oxygen atoms in total. The van der Waals surface area contributed by atoms with Gasteiger partial charge in [-0.25, -0.2) is 8.42 Å². The van der Waals surface area contributed by atoms with E-state index >= 15 is 0 Å². The van der Waals surface area contributed by atoms with Crippen LogP contribution >= 0.6 is 0 Å². The van der Waals surface area contributed by atoms with Crippen molar-refractivity contribution in [2.24, 2.45) is 0 Å². The van der Waals surface area contributed by atoms with Crippen LogP contribution in [-0.4, -0.2) is 56.3 Å². The second-order valence-corrected chi connectivity index (χ2v) is 9.65. The number of sulfonamides is 1. The minimum atomic E-state index is -3.52. The molecule has 2 aromatic carbocycles. The Bertz CT molecular complexity index is 1010. The van der Waals surface area contributed by atoms with Gasteiger partial charge in [0.05, 0.1) is 11.4 Å². The SMILES string of the molecule is Cc1ccc(C)c(S(=O)(=O)N2CCN(CC(=O)Nc3cccc(C)c3C)CC2)c1. The third-order valence-corrected chi connectivity index (χ3v) is 7.58. The Morgan fingerprint density at radius 1 is 0.966 bits per heavy atom. The molecule has 0 unspecified atom stereocenters. The molecular formula is C22H29N3O3S. The molecule has 1 fully saturated rings. The first-order chi connectivity index (χ1) is 13.7. The Labute approximate surface area is 173 Å². The molecule has 0 bridgehead atoms. The lowest BCUT2D eigenvalue weighted by Crippen LogP contribution is -2.50. The lowest BCUT2D eigenvalue weighted by atomic mass is 10.1. The van der Waals surface area contributed by atoms with E-state index in [1.54, 1.807) is 6.07 Å². The molecule has 29 heavy (non-hydrogen) atoms. The first-order valence-electron chi connectivity index (χ1n) is 9.84. The minimum absolute atomic E-state index is 0.0791. The van der Waals surface area contributed by atoms with Crippen LogP contribution in [-0.2, 0) is 14.8 Å². The van der Waals surface area contributed by atoms with Gasteiger partial charge in [0.25, 0.3) is 0 Å². The number of hydrogen-bond donors (Lipinski definition) is 1. The summed E-state index contributed by atoms with van der Waals surface area (Å²) in [7, 11) is -3.52. The molecule has 0 spiro atoms. The van der Waals surface area contributed by atoms with Crippen LogP contribution in [0.2, 0.25) is 0 Å². The quantitative estimate of drug-likeness (QED) is 0.815. The van der Waals surface area contributed by atoms with Gasteiger partial charge in [0, 0.05) is 31.9 Å². The molecule has 0 radical (unpaired) electrons. The molecule has 0 aliphatic carbocycles. The third kappa shape index (κ3) is 4.86. The second kappa shape index (κ2) is 8.65. The van der Waals surface area contributed by atoms with E-state index in [1.807, 2.05) is 62.9 Å². The van der Waals surface area contributed by atoms with Gasteiger partial charge < -0.3 is 5.32 Å². The first-order valence-corrected chi connectivity index (χ1v) is 11.3. The van der Waals surface area contributed by atoms with Gasteiger partial charge in [-0.1, -0.05) is 24.3 Å². The molecular weight excluding hydrogens is 386 g/mol. The van der Waals surface area contributed by atoms with Crippen LogP contribution in [0.4, 0.5) is 5.69 Å². The van der Waals surface area contributed by atoms with E-state index in [0.717, 1.165) is 27.9 Å². The van der Waals surface area contributed by atoms with Gasteiger partial charge in [-0.15, -0.1) is 0 Å². The van der Waals surface area contributed by atoms with E-state index in [4.69, 9.17) is 0 Å². The molecule has 1 aliphatic rings. The van der Waals surface area contributed by atoms with E-state index in [0.29, 0.717) is 31.1 Å². The minimum Gasteiger partial charge on any atom is -0.325 e. The molecule has 1 heterocycles. The standard InChI is InChI=1S/C22H29N3O3S/c1-16-8-9-18(3)21(14-16)29(27,28)25-12-10-24(11-13-25)15-22(26)23-20-7-5-6-17(2)19(20)4/h5-9,14H,10-13,15H2,1-4H3,(H,23,26). The zero-order chi connectivity index (χ0) is 21.2. The third-order valence-electron chi connectivity index (χ3n) is 5.54. The Morgan fingerprint density at radius 2 is 1.66 bits per heavy atom. The normalized spacial score (nSPS) is 16.0. The fraction of sp³-hybridized carbons (Fsp3) is 0.409.